The van der Waals surface area contributed by atoms with Gasteiger partial charge in [-0.05, 0) is 45.4 Å². The second-order valence-electron chi connectivity index (χ2n) is 9.00. The number of halogens is 1. The molecule has 0 spiro atoms. The molecule has 8 nitrogen and oxygen atoms in total. The Labute approximate surface area is 173 Å². The van der Waals surface area contributed by atoms with E-state index in [2.05, 4.69) is 58.4 Å². The van der Waals surface area contributed by atoms with Gasteiger partial charge in [0, 0.05) is 29.5 Å². The Morgan fingerprint density at radius 3 is 2.37 bits per heavy atom. The molecule has 4 rings (SSSR count). The average Bonchev–Trinajstić information content (AvgIpc) is 3.06. The van der Waals surface area contributed by atoms with Crippen molar-refractivity contribution in [2.45, 2.75) is 57.7 Å². The number of nitrogens with zero attached hydrogens (tertiary/aromatic N) is 4. The minimum Gasteiger partial charge on any atom is -0.507 e. The summed E-state index contributed by atoms with van der Waals surface area (Å²) in [6.07, 6.45) is 4.50. The first-order valence-corrected chi connectivity index (χ1v) is 9.80. The fourth-order valence-electron chi connectivity index (χ4n) is 4.29. The van der Waals surface area contributed by atoms with E-state index in [9.17, 15) is 9.50 Å². The van der Waals surface area contributed by atoms with Crippen molar-refractivity contribution in [3.63, 3.8) is 0 Å². The van der Waals surface area contributed by atoms with E-state index in [4.69, 9.17) is 4.74 Å². The first-order chi connectivity index (χ1) is 14.1. The van der Waals surface area contributed by atoms with Gasteiger partial charge in [-0.1, -0.05) is 11.2 Å². The summed E-state index contributed by atoms with van der Waals surface area (Å²) in [6, 6.07) is 4.97. The summed E-state index contributed by atoms with van der Waals surface area (Å²) in [4.78, 5) is 4.27. The predicted molar refractivity (Wildman–Crippen MR) is 109 cm³/mol. The molecule has 0 bridgehead atoms. The van der Waals surface area contributed by atoms with E-state index in [-0.39, 0.29) is 34.5 Å². The van der Waals surface area contributed by atoms with E-state index < -0.39 is 5.95 Å². The van der Waals surface area contributed by atoms with Gasteiger partial charge in [0.15, 0.2) is 0 Å². The monoisotopic (exact) mass is 412 g/mol. The quantitative estimate of drug-likeness (QED) is 0.602. The number of aromatic hydroxyl groups is 1. The van der Waals surface area contributed by atoms with Crippen LogP contribution in [0.3, 0.4) is 0 Å². The number of H-pyrrole nitrogens is 1. The normalized spacial score (nSPS) is 18.3. The minimum atomic E-state index is -0.561. The lowest BCUT2D eigenvalue weighted by atomic mass is 9.81. The van der Waals surface area contributed by atoms with E-state index >= 15 is 0 Å². The molecular weight excluding hydrogens is 387 g/mol. The standard InChI is InChI=1S/C21H25FN6O2/c1-20(2)8-13(9-21(3,4)28-20)30-19-23-11-16(25-27-19)14-6-5-12(7-17(14)29)15-10-24-26-18(15)22/h5-7,10-11,13,28-29H,8-9H2,1-4H3,(H,24,26). The molecule has 30 heavy (non-hydrogen) atoms. The van der Waals surface area contributed by atoms with E-state index in [1.807, 2.05) is 0 Å². The van der Waals surface area contributed by atoms with Gasteiger partial charge in [0.1, 0.15) is 17.5 Å². The lowest BCUT2D eigenvalue weighted by Crippen LogP contribution is -2.60. The van der Waals surface area contributed by atoms with Crippen LogP contribution in [0.25, 0.3) is 22.4 Å². The molecule has 1 aromatic carbocycles. The molecule has 0 amide bonds. The minimum absolute atomic E-state index is 0.0264. The summed E-state index contributed by atoms with van der Waals surface area (Å²) >= 11 is 0. The van der Waals surface area contributed by atoms with Gasteiger partial charge in [0.2, 0.25) is 5.95 Å². The SMILES string of the molecule is CC1(C)CC(Oc2ncc(-c3ccc(-c4cn[nH]c4F)cc3O)nn2)CC(C)(C)N1. The van der Waals surface area contributed by atoms with Crippen LogP contribution < -0.4 is 10.1 Å². The fraction of sp³-hybridized carbons (Fsp3) is 0.429. The number of piperidine rings is 1. The zero-order valence-corrected chi connectivity index (χ0v) is 17.4. The fourth-order valence-corrected chi connectivity index (χ4v) is 4.29. The van der Waals surface area contributed by atoms with Gasteiger partial charge >= 0.3 is 6.01 Å². The summed E-state index contributed by atoms with van der Waals surface area (Å²) in [6.45, 7) is 8.59. The number of nitrogens with one attached hydrogen (secondary N) is 2. The molecule has 158 valence electrons. The maximum Gasteiger partial charge on any atom is 0.335 e. The van der Waals surface area contributed by atoms with Crippen LogP contribution >= 0.6 is 0 Å². The summed E-state index contributed by atoms with van der Waals surface area (Å²) in [7, 11) is 0. The maximum atomic E-state index is 13.7. The average molecular weight is 412 g/mol. The number of ether oxygens (including phenoxy) is 1. The predicted octanol–water partition coefficient (Wildman–Crippen LogP) is 3.46. The van der Waals surface area contributed by atoms with Crippen molar-refractivity contribution in [3.8, 4) is 34.1 Å². The van der Waals surface area contributed by atoms with Gasteiger partial charge < -0.3 is 15.2 Å². The van der Waals surface area contributed by atoms with Crippen LogP contribution in [0, 0.1) is 5.95 Å². The Balaban J connectivity index is 1.51. The highest BCUT2D eigenvalue weighted by atomic mass is 19.1. The van der Waals surface area contributed by atoms with Crippen molar-refractivity contribution in [1.82, 2.24) is 30.7 Å². The van der Waals surface area contributed by atoms with Crippen LogP contribution in [0.2, 0.25) is 0 Å². The van der Waals surface area contributed by atoms with Crippen molar-refractivity contribution >= 4 is 0 Å². The molecule has 9 heteroatoms. The first-order valence-electron chi connectivity index (χ1n) is 9.80. The third-order valence-corrected chi connectivity index (χ3v) is 5.14. The van der Waals surface area contributed by atoms with Crippen LogP contribution in [-0.2, 0) is 0 Å². The molecule has 3 N–H and O–H groups in total. The van der Waals surface area contributed by atoms with E-state index in [0.717, 1.165) is 12.8 Å². The van der Waals surface area contributed by atoms with Gasteiger partial charge in [0.25, 0.3) is 0 Å². The van der Waals surface area contributed by atoms with Crippen molar-refractivity contribution in [2.75, 3.05) is 0 Å². The highest BCUT2D eigenvalue weighted by molar-refractivity contribution is 5.73. The maximum absolute atomic E-state index is 13.7. The molecule has 1 saturated heterocycles. The highest BCUT2D eigenvalue weighted by Crippen LogP contribution is 2.33. The number of aromatic amines is 1. The molecule has 0 unspecified atom stereocenters. The van der Waals surface area contributed by atoms with Crippen molar-refractivity contribution in [3.05, 3.63) is 36.5 Å². The van der Waals surface area contributed by atoms with E-state index in [1.165, 1.54) is 18.5 Å². The molecule has 3 heterocycles. The Morgan fingerprint density at radius 2 is 1.80 bits per heavy atom. The molecular formula is C21H25FN6O2. The molecule has 3 aromatic rings. The van der Waals surface area contributed by atoms with Crippen molar-refractivity contribution in [2.24, 2.45) is 0 Å². The van der Waals surface area contributed by atoms with Crippen molar-refractivity contribution < 1.29 is 14.2 Å². The summed E-state index contributed by atoms with van der Waals surface area (Å²) in [5.74, 6) is -0.617. The number of rotatable bonds is 4. The second kappa shape index (κ2) is 7.32. The topological polar surface area (TPSA) is 109 Å². The highest BCUT2D eigenvalue weighted by Gasteiger charge is 2.39. The van der Waals surface area contributed by atoms with Crippen LogP contribution in [-0.4, -0.2) is 47.7 Å². The van der Waals surface area contributed by atoms with Crippen LogP contribution in [0.15, 0.2) is 30.6 Å². The molecule has 1 aliphatic rings. The number of aromatic nitrogens is 5. The summed E-state index contributed by atoms with van der Waals surface area (Å²) in [5.41, 5.74) is 1.50. The molecule has 1 fully saturated rings. The van der Waals surface area contributed by atoms with E-state index in [1.54, 1.807) is 12.1 Å². The second-order valence-corrected chi connectivity index (χ2v) is 9.00. The zero-order valence-electron chi connectivity index (χ0n) is 17.4. The molecule has 0 saturated carbocycles. The van der Waals surface area contributed by atoms with Gasteiger partial charge in [-0.25, -0.2) is 4.98 Å². The Kier molecular flexibility index (Phi) is 4.93. The number of hydrogen-bond donors (Lipinski definition) is 3. The van der Waals surface area contributed by atoms with Crippen LogP contribution in [0.4, 0.5) is 4.39 Å². The Bertz CT molecular complexity index is 1030. The number of hydrogen-bond acceptors (Lipinski definition) is 7. The molecule has 0 atom stereocenters. The van der Waals surface area contributed by atoms with E-state index in [0.29, 0.717) is 16.8 Å². The van der Waals surface area contributed by atoms with Gasteiger partial charge in [0.05, 0.1) is 18.0 Å². The molecule has 0 aliphatic carbocycles. The van der Waals surface area contributed by atoms with Crippen LogP contribution in [0.5, 0.6) is 11.8 Å². The molecule has 2 aromatic heterocycles. The third kappa shape index (κ3) is 4.25. The van der Waals surface area contributed by atoms with Gasteiger partial charge in [-0.2, -0.15) is 9.49 Å². The van der Waals surface area contributed by atoms with Crippen molar-refractivity contribution in [1.29, 1.82) is 0 Å². The summed E-state index contributed by atoms with van der Waals surface area (Å²) < 4.78 is 19.7. The number of benzene rings is 1. The number of phenols is 1. The Morgan fingerprint density at radius 1 is 1.07 bits per heavy atom. The van der Waals surface area contributed by atoms with Crippen LogP contribution in [0.1, 0.15) is 40.5 Å². The first kappa shape index (κ1) is 20.2. The molecule has 1 aliphatic heterocycles. The number of phenolic OH excluding ortho intramolecular Hbond substituents is 1. The molecule has 0 radical (unpaired) electrons. The van der Waals surface area contributed by atoms with Gasteiger partial charge in [-0.3, -0.25) is 5.10 Å². The zero-order chi connectivity index (χ0) is 21.5. The lowest BCUT2D eigenvalue weighted by Gasteiger charge is -2.45. The largest absolute Gasteiger partial charge is 0.507 e. The van der Waals surface area contributed by atoms with Gasteiger partial charge in [-0.15, -0.1) is 5.10 Å². The smallest absolute Gasteiger partial charge is 0.335 e. The third-order valence-electron chi connectivity index (χ3n) is 5.14. The Hall–Kier alpha value is -3.07. The summed E-state index contributed by atoms with van der Waals surface area (Å²) in [5, 5.41) is 28.1. The lowest BCUT2D eigenvalue weighted by molar-refractivity contribution is 0.0491.